The lowest BCUT2D eigenvalue weighted by atomic mass is 10.2. The average molecular weight is 275 g/mol. The predicted molar refractivity (Wildman–Crippen MR) is 69.7 cm³/mol. The summed E-state index contributed by atoms with van der Waals surface area (Å²) in [4.78, 5) is 13.6. The number of ether oxygens (including phenoxy) is 1. The van der Waals surface area contributed by atoms with Gasteiger partial charge in [-0.05, 0) is 12.1 Å². The number of hydrogen-bond acceptors (Lipinski definition) is 4. The summed E-state index contributed by atoms with van der Waals surface area (Å²) in [6, 6.07) is 3.68. The van der Waals surface area contributed by atoms with Crippen molar-refractivity contribution in [3.05, 3.63) is 24.2 Å². The van der Waals surface area contributed by atoms with Crippen LogP contribution in [-0.4, -0.2) is 43.7 Å². The Morgan fingerprint density at radius 1 is 1.61 bits per heavy atom. The molecule has 1 aromatic heterocycles. The molecule has 1 saturated heterocycles. The predicted octanol–water partition coefficient (Wildman–Crippen LogP) is 1.04. The molecule has 5 nitrogen and oxygen atoms in total. The van der Waals surface area contributed by atoms with E-state index in [1.165, 1.54) is 0 Å². The Balaban J connectivity index is 0.00000162. The average Bonchev–Trinajstić information content (AvgIpc) is 2.83. The van der Waals surface area contributed by atoms with Crippen molar-refractivity contribution in [1.82, 2.24) is 10.2 Å². The Morgan fingerprint density at radius 2 is 2.44 bits per heavy atom. The first kappa shape index (κ1) is 15.0. The third-order valence-electron chi connectivity index (χ3n) is 2.81. The first-order valence-corrected chi connectivity index (χ1v) is 5.84. The van der Waals surface area contributed by atoms with Crippen LogP contribution in [0.4, 0.5) is 0 Å². The molecule has 0 aliphatic carbocycles. The number of nitrogens with zero attached hydrogens (tertiary/aromatic N) is 1. The van der Waals surface area contributed by atoms with Crippen LogP contribution in [0.5, 0.6) is 0 Å². The Morgan fingerprint density at radius 3 is 3.06 bits per heavy atom. The zero-order valence-electron chi connectivity index (χ0n) is 10.4. The van der Waals surface area contributed by atoms with Gasteiger partial charge in [-0.25, -0.2) is 0 Å². The first-order valence-electron chi connectivity index (χ1n) is 5.84. The summed E-state index contributed by atoms with van der Waals surface area (Å²) < 4.78 is 10.7. The Bertz CT molecular complexity index is 350. The van der Waals surface area contributed by atoms with Gasteiger partial charge >= 0.3 is 0 Å². The molecular weight excluding hydrogens is 256 g/mol. The zero-order valence-corrected chi connectivity index (χ0v) is 11.2. The summed E-state index contributed by atoms with van der Waals surface area (Å²) in [6.45, 7) is 2.80. The normalized spacial score (nSPS) is 19.1. The number of morpholine rings is 1. The molecule has 1 fully saturated rings. The van der Waals surface area contributed by atoms with Gasteiger partial charge < -0.3 is 19.4 Å². The molecule has 1 aromatic rings. The maximum Gasteiger partial charge on any atom is 0.225 e. The zero-order chi connectivity index (χ0) is 12.1. The van der Waals surface area contributed by atoms with Crippen LogP contribution < -0.4 is 5.32 Å². The van der Waals surface area contributed by atoms with Crippen LogP contribution in [0.1, 0.15) is 12.2 Å². The largest absolute Gasteiger partial charge is 0.467 e. The molecule has 1 aliphatic rings. The minimum Gasteiger partial charge on any atom is -0.467 e. The van der Waals surface area contributed by atoms with E-state index in [1.807, 2.05) is 12.1 Å². The summed E-state index contributed by atoms with van der Waals surface area (Å²) in [7, 11) is 1.78. The van der Waals surface area contributed by atoms with Gasteiger partial charge in [-0.1, -0.05) is 0 Å². The highest BCUT2D eigenvalue weighted by molar-refractivity contribution is 5.85. The number of hydrogen-bond donors (Lipinski definition) is 1. The summed E-state index contributed by atoms with van der Waals surface area (Å²) in [5.74, 6) is 0.874. The van der Waals surface area contributed by atoms with Gasteiger partial charge in [-0.3, -0.25) is 4.79 Å². The maximum atomic E-state index is 11.9. The highest BCUT2D eigenvalue weighted by Gasteiger charge is 2.20. The van der Waals surface area contributed by atoms with E-state index in [0.29, 0.717) is 19.6 Å². The molecule has 1 unspecified atom stereocenters. The molecule has 0 radical (unpaired) electrons. The molecule has 1 amide bonds. The second-order valence-corrected chi connectivity index (χ2v) is 4.23. The molecule has 18 heavy (non-hydrogen) atoms. The molecule has 1 atom stereocenters. The van der Waals surface area contributed by atoms with E-state index in [9.17, 15) is 4.79 Å². The van der Waals surface area contributed by atoms with E-state index < -0.39 is 0 Å². The first-order chi connectivity index (χ1) is 8.25. The van der Waals surface area contributed by atoms with Crippen molar-refractivity contribution in [3.63, 3.8) is 0 Å². The molecule has 102 valence electrons. The van der Waals surface area contributed by atoms with Crippen molar-refractivity contribution in [2.45, 2.75) is 19.1 Å². The molecule has 0 spiro atoms. The topological polar surface area (TPSA) is 54.7 Å². The standard InChI is InChI=1S/C12H18N2O3.ClH/c1-14(9-10-3-2-5-16-10)12(15)7-11-8-13-4-6-17-11;/h2-3,5,11,13H,4,6-9H2,1H3;1H. The fourth-order valence-corrected chi connectivity index (χ4v) is 1.83. The quantitative estimate of drug-likeness (QED) is 0.891. The maximum absolute atomic E-state index is 11.9. The molecule has 2 rings (SSSR count). The number of carbonyl (C=O) groups excluding carboxylic acids is 1. The van der Waals surface area contributed by atoms with Crippen LogP contribution in [0, 0.1) is 0 Å². The molecule has 1 N–H and O–H groups in total. The van der Waals surface area contributed by atoms with Gasteiger partial charge in [0.1, 0.15) is 5.76 Å². The third kappa shape index (κ3) is 4.33. The number of carbonyl (C=O) groups is 1. The molecular formula is C12H19ClN2O3. The highest BCUT2D eigenvalue weighted by atomic mass is 35.5. The van der Waals surface area contributed by atoms with Gasteiger partial charge in [0.2, 0.25) is 5.91 Å². The molecule has 0 bridgehead atoms. The van der Waals surface area contributed by atoms with E-state index in [2.05, 4.69) is 5.32 Å². The van der Waals surface area contributed by atoms with Gasteiger partial charge in [0.05, 0.1) is 31.9 Å². The number of nitrogens with one attached hydrogen (secondary N) is 1. The lowest BCUT2D eigenvalue weighted by Crippen LogP contribution is -2.41. The summed E-state index contributed by atoms with van der Waals surface area (Å²) in [5, 5.41) is 3.21. The van der Waals surface area contributed by atoms with Crippen LogP contribution in [0.3, 0.4) is 0 Å². The highest BCUT2D eigenvalue weighted by Crippen LogP contribution is 2.08. The Kier molecular flexibility index (Phi) is 6.18. The summed E-state index contributed by atoms with van der Waals surface area (Å²) in [6.07, 6.45) is 2.03. The van der Waals surface area contributed by atoms with Gasteiger partial charge in [0, 0.05) is 20.1 Å². The van der Waals surface area contributed by atoms with Crippen molar-refractivity contribution in [2.24, 2.45) is 0 Å². The fourth-order valence-electron chi connectivity index (χ4n) is 1.83. The van der Waals surface area contributed by atoms with Crippen LogP contribution in [0.15, 0.2) is 22.8 Å². The van der Waals surface area contributed by atoms with Crippen LogP contribution in [0.2, 0.25) is 0 Å². The van der Waals surface area contributed by atoms with Gasteiger partial charge in [-0.15, -0.1) is 12.4 Å². The number of furan rings is 1. The monoisotopic (exact) mass is 274 g/mol. The van der Waals surface area contributed by atoms with Gasteiger partial charge in [0.25, 0.3) is 0 Å². The molecule has 6 heteroatoms. The third-order valence-corrected chi connectivity index (χ3v) is 2.81. The fraction of sp³-hybridized carbons (Fsp3) is 0.583. The lowest BCUT2D eigenvalue weighted by molar-refractivity contribution is -0.134. The van der Waals surface area contributed by atoms with E-state index in [1.54, 1.807) is 18.2 Å². The molecule has 0 saturated carbocycles. The van der Waals surface area contributed by atoms with Crippen molar-refractivity contribution >= 4 is 18.3 Å². The van der Waals surface area contributed by atoms with E-state index in [-0.39, 0.29) is 24.4 Å². The van der Waals surface area contributed by atoms with Crippen LogP contribution in [-0.2, 0) is 16.1 Å². The van der Waals surface area contributed by atoms with E-state index in [0.717, 1.165) is 18.8 Å². The van der Waals surface area contributed by atoms with Crippen LogP contribution in [0.25, 0.3) is 0 Å². The molecule has 0 aromatic carbocycles. The SMILES string of the molecule is CN(Cc1ccco1)C(=O)CC1CNCCO1.Cl. The minimum atomic E-state index is -0.00435. The van der Waals surface area contributed by atoms with Crippen molar-refractivity contribution in [2.75, 3.05) is 26.7 Å². The number of amides is 1. The van der Waals surface area contributed by atoms with E-state index >= 15 is 0 Å². The van der Waals surface area contributed by atoms with Crippen LogP contribution >= 0.6 is 12.4 Å². The number of halogens is 1. The second kappa shape index (κ2) is 7.41. The van der Waals surface area contributed by atoms with Gasteiger partial charge in [0.15, 0.2) is 0 Å². The lowest BCUT2D eigenvalue weighted by Gasteiger charge is -2.25. The molecule has 1 aliphatic heterocycles. The smallest absolute Gasteiger partial charge is 0.225 e. The minimum absolute atomic E-state index is 0. The summed E-state index contributed by atoms with van der Waals surface area (Å²) >= 11 is 0. The Labute approximate surface area is 113 Å². The van der Waals surface area contributed by atoms with Crippen molar-refractivity contribution < 1.29 is 13.9 Å². The Hall–Kier alpha value is -1.04. The van der Waals surface area contributed by atoms with Crippen molar-refractivity contribution in [3.8, 4) is 0 Å². The summed E-state index contributed by atoms with van der Waals surface area (Å²) in [5.41, 5.74) is 0. The van der Waals surface area contributed by atoms with Crippen molar-refractivity contribution in [1.29, 1.82) is 0 Å². The number of rotatable bonds is 4. The van der Waals surface area contributed by atoms with Gasteiger partial charge in [-0.2, -0.15) is 0 Å². The van der Waals surface area contributed by atoms with E-state index in [4.69, 9.17) is 9.15 Å². The molecule has 2 heterocycles. The second-order valence-electron chi connectivity index (χ2n) is 4.23.